The van der Waals surface area contributed by atoms with E-state index < -0.39 is 0 Å². The van der Waals surface area contributed by atoms with Crippen molar-refractivity contribution in [1.29, 1.82) is 0 Å². The van der Waals surface area contributed by atoms with Crippen LogP contribution in [0.5, 0.6) is 0 Å². The molecule has 0 aliphatic rings. The van der Waals surface area contributed by atoms with Crippen molar-refractivity contribution in [3.63, 3.8) is 0 Å². The van der Waals surface area contributed by atoms with Crippen LogP contribution >= 0.6 is 11.3 Å². The average molecular weight is 205 g/mol. The molecule has 2 aromatic rings. The van der Waals surface area contributed by atoms with Gasteiger partial charge in [-0.3, -0.25) is 10.1 Å². The topological polar surface area (TPSA) is 43.1 Å². The van der Waals surface area contributed by atoms with Crippen molar-refractivity contribution in [2.45, 2.75) is 0 Å². The lowest BCUT2D eigenvalue weighted by molar-refractivity contribution is -0.379. The Morgan fingerprint density at radius 1 is 1.14 bits per heavy atom. The number of rotatable bonds is 2. The van der Waals surface area contributed by atoms with Gasteiger partial charge in [-0.2, -0.15) is 0 Å². The third-order valence-electron chi connectivity index (χ3n) is 1.90. The molecule has 0 saturated heterocycles. The van der Waals surface area contributed by atoms with Gasteiger partial charge in [0.1, 0.15) is 0 Å². The molecule has 0 aliphatic carbocycles. The molecule has 70 valence electrons. The first-order valence-corrected chi connectivity index (χ1v) is 4.94. The summed E-state index contributed by atoms with van der Waals surface area (Å²) < 4.78 is 0. The van der Waals surface area contributed by atoms with E-state index in [1.807, 2.05) is 30.3 Å². The smallest absolute Gasteiger partial charge is 0.258 e. The van der Waals surface area contributed by atoms with Crippen LogP contribution in [0.15, 0.2) is 41.8 Å². The summed E-state index contributed by atoms with van der Waals surface area (Å²) in [4.78, 5) is 10.3. The van der Waals surface area contributed by atoms with Crippen molar-refractivity contribution in [2.75, 3.05) is 0 Å². The molecule has 0 N–H and O–H groups in total. The van der Waals surface area contributed by atoms with Gasteiger partial charge in [-0.25, -0.2) is 0 Å². The normalized spacial score (nSPS) is 10.0. The predicted molar refractivity (Wildman–Crippen MR) is 56.4 cm³/mol. The Morgan fingerprint density at radius 3 is 2.50 bits per heavy atom. The van der Waals surface area contributed by atoms with Crippen LogP contribution in [0.25, 0.3) is 11.1 Å². The minimum absolute atomic E-state index is 0.205. The molecule has 1 aromatic carbocycles. The van der Waals surface area contributed by atoms with E-state index in [9.17, 15) is 10.1 Å². The van der Waals surface area contributed by atoms with E-state index in [1.54, 1.807) is 11.4 Å². The fourth-order valence-corrected chi connectivity index (χ4v) is 2.01. The molecule has 0 saturated carbocycles. The second kappa shape index (κ2) is 3.59. The van der Waals surface area contributed by atoms with E-state index in [1.165, 1.54) is 0 Å². The summed E-state index contributed by atoms with van der Waals surface area (Å²) >= 11 is 1.15. The molecule has 3 nitrogen and oxygen atoms in total. The molecule has 0 unspecified atom stereocenters. The monoisotopic (exact) mass is 205 g/mol. The Kier molecular flexibility index (Phi) is 2.28. The zero-order chi connectivity index (χ0) is 9.97. The van der Waals surface area contributed by atoms with E-state index in [0.29, 0.717) is 5.56 Å². The largest absolute Gasteiger partial charge is 0.331 e. The van der Waals surface area contributed by atoms with Crippen LogP contribution in [0.1, 0.15) is 0 Å². The summed E-state index contributed by atoms with van der Waals surface area (Å²) in [5, 5.41) is 12.6. The van der Waals surface area contributed by atoms with Gasteiger partial charge in [0.15, 0.2) is 0 Å². The van der Waals surface area contributed by atoms with Crippen LogP contribution in [0, 0.1) is 10.1 Å². The van der Waals surface area contributed by atoms with Crippen LogP contribution in [0.4, 0.5) is 5.00 Å². The second-order valence-electron chi connectivity index (χ2n) is 2.76. The highest BCUT2D eigenvalue weighted by Gasteiger charge is 2.15. The van der Waals surface area contributed by atoms with Gasteiger partial charge in [-0.1, -0.05) is 41.7 Å². The first-order chi connectivity index (χ1) is 6.79. The summed E-state index contributed by atoms with van der Waals surface area (Å²) in [7, 11) is 0. The molecular weight excluding hydrogens is 198 g/mol. The molecule has 0 fully saturated rings. The van der Waals surface area contributed by atoms with E-state index in [0.717, 1.165) is 16.9 Å². The summed E-state index contributed by atoms with van der Waals surface area (Å²) in [5.41, 5.74) is 1.58. The predicted octanol–water partition coefficient (Wildman–Crippen LogP) is 3.32. The fourth-order valence-electron chi connectivity index (χ4n) is 1.28. The van der Waals surface area contributed by atoms with Crippen molar-refractivity contribution in [2.24, 2.45) is 0 Å². The standard InChI is InChI=1S/C10H7NO2S/c12-11(13)10-9(6-7-14-10)8-4-2-1-3-5-8/h1-7H. The van der Waals surface area contributed by atoms with E-state index in [-0.39, 0.29) is 9.92 Å². The first-order valence-electron chi connectivity index (χ1n) is 4.06. The summed E-state index contributed by atoms with van der Waals surface area (Å²) in [5.74, 6) is 0. The van der Waals surface area contributed by atoms with Gasteiger partial charge in [0.2, 0.25) is 0 Å². The molecule has 0 spiro atoms. The lowest BCUT2D eigenvalue weighted by Crippen LogP contribution is -1.86. The minimum atomic E-state index is -0.340. The van der Waals surface area contributed by atoms with Gasteiger partial charge in [-0.15, -0.1) is 0 Å². The van der Waals surface area contributed by atoms with Gasteiger partial charge >= 0.3 is 5.00 Å². The van der Waals surface area contributed by atoms with Gasteiger partial charge in [0.25, 0.3) is 0 Å². The van der Waals surface area contributed by atoms with Crippen molar-refractivity contribution >= 4 is 16.3 Å². The number of benzene rings is 1. The zero-order valence-corrected chi connectivity index (χ0v) is 8.03. The molecule has 1 heterocycles. The van der Waals surface area contributed by atoms with Crippen LogP contribution in [0.3, 0.4) is 0 Å². The Hall–Kier alpha value is -1.68. The maximum atomic E-state index is 10.7. The maximum absolute atomic E-state index is 10.7. The zero-order valence-electron chi connectivity index (χ0n) is 7.21. The minimum Gasteiger partial charge on any atom is -0.258 e. The lowest BCUT2D eigenvalue weighted by atomic mass is 10.1. The number of thiophene rings is 1. The van der Waals surface area contributed by atoms with Crippen LogP contribution in [0.2, 0.25) is 0 Å². The SMILES string of the molecule is O=[N+]([O-])c1sccc1-c1ccccc1. The van der Waals surface area contributed by atoms with Gasteiger partial charge in [-0.05, 0) is 17.0 Å². The van der Waals surface area contributed by atoms with Crippen LogP contribution in [-0.4, -0.2) is 4.92 Å². The fraction of sp³-hybridized carbons (Fsp3) is 0. The summed E-state index contributed by atoms with van der Waals surface area (Å²) in [6.45, 7) is 0. The Bertz CT molecular complexity index is 450. The van der Waals surface area contributed by atoms with Gasteiger partial charge < -0.3 is 0 Å². The highest BCUT2D eigenvalue weighted by molar-refractivity contribution is 7.13. The van der Waals surface area contributed by atoms with E-state index in [4.69, 9.17) is 0 Å². The number of hydrogen-bond acceptors (Lipinski definition) is 3. The van der Waals surface area contributed by atoms with Crippen LogP contribution in [-0.2, 0) is 0 Å². The molecule has 0 atom stereocenters. The second-order valence-corrected chi connectivity index (χ2v) is 3.66. The molecule has 0 amide bonds. The van der Waals surface area contributed by atoms with E-state index in [2.05, 4.69) is 0 Å². The Labute approximate surface area is 84.8 Å². The van der Waals surface area contributed by atoms with Crippen molar-refractivity contribution in [1.82, 2.24) is 0 Å². The lowest BCUT2D eigenvalue weighted by Gasteiger charge is -1.96. The van der Waals surface area contributed by atoms with E-state index >= 15 is 0 Å². The van der Waals surface area contributed by atoms with Crippen molar-refractivity contribution < 1.29 is 4.92 Å². The highest BCUT2D eigenvalue weighted by atomic mass is 32.1. The molecule has 0 bridgehead atoms. The molecule has 2 rings (SSSR count). The molecule has 14 heavy (non-hydrogen) atoms. The van der Waals surface area contributed by atoms with Crippen molar-refractivity contribution in [3.05, 3.63) is 51.9 Å². The molecular formula is C10H7NO2S. The Balaban J connectivity index is 2.52. The quantitative estimate of drug-likeness (QED) is 0.557. The summed E-state index contributed by atoms with van der Waals surface area (Å²) in [6.07, 6.45) is 0. The third-order valence-corrected chi connectivity index (χ3v) is 2.76. The summed E-state index contributed by atoms with van der Waals surface area (Å²) in [6, 6.07) is 11.2. The Morgan fingerprint density at radius 2 is 1.86 bits per heavy atom. The number of hydrogen-bond donors (Lipinski definition) is 0. The van der Waals surface area contributed by atoms with Crippen molar-refractivity contribution in [3.8, 4) is 11.1 Å². The first kappa shape index (κ1) is 8.90. The number of nitrogens with zero attached hydrogens (tertiary/aromatic N) is 1. The highest BCUT2D eigenvalue weighted by Crippen LogP contribution is 2.34. The molecule has 1 aromatic heterocycles. The molecule has 0 aliphatic heterocycles. The average Bonchev–Trinajstić information content (AvgIpc) is 2.67. The molecule has 4 heteroatoms. The maximum Gasteiger partial charge on any atom is 0.331 e. The number of nitro groups is 1. The van der Waals surface area contributed by atoms with Crippen LogP contribution < -0.4 is 0 Å². The van der Waals surface area contributed by atoms with Gasteiger partial charge in [0.05, 0.1) is 10.5 Å². The van der Waals surface area contributed by atoms with Gasteiger partial charge in [0, 0.05) is 0 Å². The molecule has 0 radical (unpaired) electrons. The third kappa shape index (κ3) is 1.52.